The lowest BCUT2D eigenvalue weighted by Crippen LogP contribution is -2.41. The molecular formula is C19H26N2O5S. The minimum atomic E-state index is -2.98. The highest BCUT2D eigenvalue weighted by atomic mass is 32.2. The lowest BCUT2D eigenvalue weighted by atomic mass is 10.2. The summed E-state index contributed by atoms with van der Waals surface area (Å²) in [6, 6.07) is 6.97. The molecule has 1 amide bonds. The molecule has 0 radical (unpaired) electrons. The van der Waals surface area contributed by atoms with Crippen LogP contribution in [-0.4, -0.2) is 62.4 Å². The molecule has 1 atom stereocenters. The second-order valence-corrected chi connectivity index (χ2v) is 8.60. The molecule has 8 heteroatoms. The summed E-state index contributed by atoms with van der Waals surface area (Å²) in [7, 11) is -2.98. The summed E-state index contributed by atoms with van der Waals surface area (Å²) in [6.45, 7) is 4.76. The normalized spacial score (nSPS) is 18.7. The van der Waals surface area contributed by atoms with Gasteiger partial charge in [0.05, 0.1) is 24.7 Å². The van der Waals surface area contributed by atoms with Crippen LogP contribution >= 0.6 is 0 Å². The molecule has 27 heavy (non-hydrogen) atoms. The first kappa shape index (κ1) is 21.1. The third-order valence-corrected chi connectivity index (χ3v) is 6.12. The number of carbonyl (C=O) groups excluding carboxylic acids is 2. The molecule has 1 aromatic carbocycles. The first-order valence-corrected chi connectivity index (χ1v) is 10.8. The Kier molecular flexibility index (Phi) is 7.55. The van der Waals surface area contributed by atoms with Crippen molar-refractivity contribution < 1.29 is 22.7 Å². The van der Waals surface area contributed by atoms with Gasteiger partial charge in [0.15, 0.2) is 9.84 Å². The molecule has 1 fully saturated rings. The topological polar surface area (TPSA) is 92.8 Å². The van der Waals surface area contributed by atoms with Crippen molar-refractivity contribution in [3.05, 3.63) is 35.9 Å². The minimum absolute atomic E-state index is 0.0962. The maximum atomic E-state index is 12.3. The zero-order chi connectivity index (χ0) is 19.9. The van der Waals surface area contributed by atoms with Crippen LogP contribution in [0.4, 0.5) is 5.69 Å². The van der Waals surface area contributed by atoms with Gasteiger partial charge in [0, 0.05) is 17.8 Å². The number of sulfone groups is 1. The smallest absolute Gasteiger partial charge is 0.330 e. The van der Waals surface area contributed by atoms with Crippen LogP contribution in [-0.2, 0) is 24.2 Å². The van der Waals surface area contributed by atoms with Crippen LogP contribution in [0.1, 0.15) is 25.8 Å². The van der Waals surface area contributed by atoms with Gasteiger partial charge in [-0.3, -0.25) is 9.69 Å². The van der Waals surface area contributed by atoms with Gasteiger partial charge in [-0.2, -0.15) is 0 Å². The Morgan fingerprint density at radius 2 is 1.96 bits per heavy atom. The van der Waals surface area contributed by atoms with Crippen molar-refractivity contribution in [2.75, 3.05) is 36.5 Å². The van der Waals surface area contributed by atoms with Crippen LogP contribution in [0, 0.1) is 0 Å². The Bertz CT molecular complexity index is 787. The Morgan fingerprint density at radius 3 is 2.52 bits per heavy atom. The van der Waals surface area contributed by atoms with Gasteiger partial charge in [0.2, 0.25) is 5.91 Å². The average Bonchev–Trinajstić information content (AvgIpc) is 2.99. The molecule has 0 spiro atoms. The van der Waals surface area contributed by atoms with Crippen LogP contribution in [0.3, 0.4) is 0 Å². The van der Waals surface area contributed by atoms with Gasteiger partial charge < -0.3 is 10.1 Å². The van der Waals surface area contributed by atoms with E-state index in [4.69, 9.17) is 4.74 Å². The van der Waals surface area contributed by atoms with Crippen molar-refractivity contribution in [1.82, 2.24) is 4.90 Å². The number of carbonyl (C=O) groups is 2. The number of rotatable bonds is 8. The van der Waals surface area contributed by atoms with E-state index in [1.807, 2.05) is 11.8 Å². The molecule has 1 unspecified atom stereocenters. The van der Waals surface area contributed by atoms with E-state index in [0.29, 0.717) is 25.3 Å². The van der Waals surface area contributed by atoms with E-state index < -0.39 is 15.8 Å². The third-order valence-electron chi connectivity index (χ3n) is 4.37. The summed E-state index contributed by atoms with van der Waals surface area (Å²) in [4.78, 5) is 25.5. The molecule has 1 saturated heterocycles. The standard InChI is InChI=1S/C19H26N2O5S/c1-3-21(17-11-12-27(24,25)14-17)13-18(22)20-16-8-5-15(6-9-16)7-10-19(23)26-4-2/h5-10,17H,3-4,11-14H2,1-2H3,(H,20,22)/b10-7+. The van der Waals surface area contributed by atoms with Crippen LogP contribution in [0.15, 0.2) is 30.3 Å². The number of esters is 1. The van der Waals surface area contributed by atoms with Crippen molar-refractivity contribution in [2.24, 2.45) is 0 Å². The Hall–Kier alpha value is -2.19. The Morgan fingerprint density at radius 1 is 1.26 bits per heavy atom. The maximum Gasteiger partial charge on any atom is 0.330 e. The molecule has 0 bridgehead atoms. The van der Waals surface area contributed by atoms with Crippen molar-refractivity contribution in [2.45, 2.75) is 26.3 Å². The molecule has 2 rings (SSSR count). The second kappa shape index (κ2) is 9.66. The lowest BCUT2D eigenvalue weighted by molar-refractivity contribution is -0.137. The van der Waals surface area contributed by atoms with E-state index in [1.54, 1.807) is 37.3 Å². The predicted molar refractivity (Wildman–Crippen MR) is 105 cm³/mol. The lowest BCUT2D eigenvalue weighted by Gasteiger charge is -2.25. The zero-order valence-electron chi connectivity index (χ0n) is 15.7. The van der Waals surface area contributed by atoms with E-state index in [9.17, 15) is 18.0 Å². The van der Waals surface area contributed by atoms with E-state index in [1.165, 1.54) is 6.08 Å². The zero-order valence-corrected chi connectivity index (χ0v) is 16.5. The highest BCUT2D eigenvalue weighted by Crippen LogP contribution is 2.18. The minimum Gasteiger partial charge on any atom is -0.463 e. The summed E-state index contributed by atoms with van der Waals surface area (Å²) in [5, 5.41) is 2.82. The van der Waals surface area contributed by atoms with Gasteiger partial charge in [-0.15, -0.1) is 0 Å². The number of hydrogen-bond acceptors (Lipinski definition) is 6. The predicted octanol–water partition coefficient (Wildman–Crippen LogP) is 1.71. The van der Waals surface area contributed by atoms with Gasteiger partial charge in [-0.1, -0.05) is 19.1 Å². The summed E-state index contributed by atoms with van der Waals surface area (Å²) >= 11 is 0. The number of ether oxygens (including phenoxy) is 1. The van der Waals surface area contributed by atoms with Gasteiger partial charge in [-0.25, -0.2) is 13.2 Å². The first-order valence-electron chi connectivity index (χ1n) is 9.02. The molecule has 1 aromatic rings. The number of amides is 1. The van der Waals surface area contributed by atoms with E-state index in [0.717, 1.165) is 5.56 Å². The fourth-order valence-electron chi connectivity index (χ4n) is 2.98. The largest absolute Gasteiger partial charge is 0.463 e. The van der Waals surface area contributed by atoms with Crippen molar-refractivity contribution in [3.63, 3.8) is 0 Å². The quantitative estimate of drug-likeness (QED) is 0.533. The SMILES string of the molecule is CCOC(=O)/C=C/c1ccc(NC(=O)CN(CC)C2CCS(=O)(=O)C2)cc1. The molecule has 1 N–H and O–H groups in total. The van der Waals surface area contributed by atoms with Crippen LogP contribution in [0.5, 0.6) is 0 Å². The first-order chi connectivity index (χ1) is 12.8. The number of likely N-dealkylation sites (N-methyl/N-ethyl adjacent to an activating group) is 1. The second-order valence-electron chi connectivity index (χ2n) is 6.38. The van der Waals surface area contributed by atoms with Crippen molar-refractivity contribution in [1.29, 1.82) is 0 Å². The number of benzene rings is 1. The molecule has 1 heterocycles. The summed E-state index contributed by atoms with van der Waals surface area (Å²) < 4.78 is 28.1. The summed E-state index contributed by atoms with van der Waals surface area (Å²) in [5.41, 5.74) is 1.45. The highest BCUT2D eigenvalue weighted by Gasteiger charge is 2.32. The Labute approximate surface area is 160 Å². The molecule has 7 nitrogen and oxygen atoms in total. The molecular weight excluding hydrogens is 368 g/mol. The van der Waals surface area contributed by atoms with E-state index in [2.05, 4.69) is 5.32 Å². The van der Waals surface area contributed by atoms with Crippen molar-refractivity contribution >= 4 is 33.5 Å². The van der Waals surface area contributed by atoms with Crippen LogP contribution in [0.25, 0.3) is 6.08 Å². The monoisotopic (exact) mass is 394 g/mol. The summed E-state index contributed by atoms with van der Waals surface area (Å²) in [6.07, 6.45) is 3.57. The molecule has 0 saturated carbocycles. The highest BCUT2D eigenvalue weighted by molar-refractivity contribution is 7.91. The van der Waals surface area contributed by atoms with Crippen molar-refractivity contribution in [3.8, 4) is 0 Å². The fourth-order valence-corrected chi connectivity index (χ4v) is 4.74. The molecule has 1 aliphatic rings. The number of hydrogen-bond donors (Lipinski definition) is 1. The molecule has 1 aliphatic heterocycles. The molecule has 148 valence electrons. The molecule has 0 aliphatic carbocycles. The van der Waals surface area contributed by atoms with Gasteiger partial charge in [0.25, 0.3) is 0 Å². The number of anilines is 1. The van der Waals surface area contributed by atoms with Crippen LogP contribution < -0.4 is 5.32 Å². The van der Waals surface area contributed by atoms with E-state index in [-0.39, 0.29) is 30.0 Å². The third kappa shape index (κ3) is 6.80. The Balaban J connectivity index is 1.88. The van der Waals surface area contributed by atoms with Gasteiger partial charge in [-0.05, 0) is 43.7 Å². The molecule has 0 aromatic heterocycles. The van der Waals surface area contributed by atoms with E-state index >= 15 is 0 Å². The van der Waals surface area contributed by atoms with Crippen LogP contribution in [0.2, 0.25) is 0 Å². The number of nitrogens with zero attached hydrogens (tertiary/aromatic N) is 1. The van der Waals surface area contributed by atoms with Gasteiger partial charge in [0.1, 0.15) is 0 Å². The maximum absolute atomic E-state index is 12.3. The summed E-state index contributed by atoms with van der Waals surface area (Å²) in [5.74, 6) is -0.272. The number of nitrogens with one attached hydrogen (secondary N) is 1. The average molecular weight is 394 g/mol. The van der Waals surface area contributed by atoms with Gasteiger partial charge >= 0.3 is 5.97 Å². The fraction of sp³-hybridized carbons (Fsp3) is 0.474.